The van der Waals surface area contributed by atoms with Crippen molar-refractivity contribution in [3.05, 3.63) is 24.0 Å². The molecule has 0 bridgehead atoms. The summed E-state index contributed by atoms with van der Waals surface area (Å²) < 4.78 is 0. The van der Waals surface area contributed by atoms with Gasteiger partial charge < -0.3 is 10.0 Å². The summed E-state index contributed by atoms with van der Waals surface area (Å²) in [6.07, 6.45) is 7.41. The molecular formula is C15H22N2O2. The fourth-order valence-corrected chi connectivity index (χ4v) is 2.73. The van der Waals surface area contributed by atoms with Crippen molar-refractivity contribution < 1.29 is 9.90 Å². The Balaban J connectivity index is 2.22. The molecule has 19 heavy (non-hydrogen) atoms. The zero-order valence-corrected chi connectivity index (χ0v) is 11.7. The van der Waals surface area contributed by atoms with Gasteiger partial charge in [-0.15, -0.1) is 0 Å². The number of pyridine rings is 1. The quantitative estimate of drug-likeness (QED) is 0.907. The van der Waals surface area contributed by atoms with Crippen LogP contribution in [0, 0.1) is 5.92 Å². The van der Waals surface area contributed by atoms with Gasteiger partial charge in [0.05, 0.1) is 11.8 Å². The van der Waals surface area contributed by atoms with Gasteiger partial charge in [0.15, 0.2) is 0 Å². The third-order valence-electron chi connectivity index (χ3n) is 3.62. The summed E-state index contributed by atoms with van der Waals surface area (Å²) in [6, 6.07) is 1.92. The van der Waals surface area contributed by atoms with Gasteiger partial charge in [0.1, 0.15) is 5.75 Å². The smallest absolute Gasteiger partial charge is 0.257 e. The van der Waals surface area contributed by atoms with E-state index in [9.17, 15) is 9.90 Å². The van der Waals surface area contributed by atoms with Crippen molar-refractivity contribution in [2.24, 2.45) is 5.92 Å². The van der Waals surface area contributed by atoms with E-state index in [0.717, 1.165) is 19.4 Å². The standard InChI is InChI=1S/C15H22N2O2/c1-11(2)10-17(12-5-3-4-6-12)15(19)13-7-8-16-9-14(13)18/h7-9,11-12,18H,3-6,10H2,1-2H3. The minimum absolute atomic E-state index is 0.0285. The van der Waals surface area contributed by atoms with Gasteiger partial charge in [-0.2, -0.15) is 0 Å². The molecule has 0 atom stereocenters. The van der Waals surface area contributed by atoms with Crippen LogP contribution in [0.5, 0.6) is 5.75 Å². The van der Waals surface area contributed by atoms with Crippen molar-refractivity contribution in [3.63, 3.8) is 0 Å². The Morgan fingerprint density at radius 3 is 2.74 bits per heavy atom. The molecule has 1 N–H and O–H groups in total. The van der Waals surface area contributed by atoms with Crippen LogP contribution in [0.3, 0.4) is 0 Å². The van der Waals surface area contributed by atoms with Gasteiger partial charge in [0, 0.05) is 18.8 Å². The van der Waals surface area contributed by atoms with Crippen LogP contribution < -0.4 is 0 Å². The van der Waals surface area contributed by atoms with E-state index < -0.39 is 0 Å². The fourth-order valence-electron chi connectivity index (χ4n) is 2.73. The van der Waals surface area contributed by atoms with E-state index in [2.05, 4.69) is 18.8 Å². The highest BCUT2D eigenvalue weighted by Crippen LogP contribution is 2.27. The lowest BCUT2D eigenvalue weighted by atomic mass is 10.1. The highest BCUT2D eigenvalue weighted by molar-refractivity contribution is 5.96. The second-order valence-corrected chi connectivity index (χ2v) is 5.68. The van der Waals surface area contributed by atoms with Crippen LogP contribution in [0.1, 0.15) is 49.9 Å². The second kappa shape index (κ2) is 6.04. The van der Waals surface area contributed by atoms with Crippen LogP contribution in [-0.4, -0.2) is 33.5 Å². The lowest BCUT2D eigenvalue weighted by molar-refractivity contribution is 0.0652. The first-order valence-electron chi connectivity index (χ1n) is 7.03. The number of amides is 1. The summed E-state index contributed by atoms with van der Waals surface area (Å²) >= 11 is 0. The van der Waals surface area contributed by atoms with Crippen molar-refractivity contribution in [2.75, 3.05) is 6.54 Å². The third kappa shape index (κ3) is 3.25. The third-order valence-corrected chi connectivity index (χ3v) is 3.62. The zero-order chi connectivity index (χ0) is 13.8. The average Bonchev–Trinajstić information content (AvgIpc) is 2.89. The van der Waals surface area contributed by atoms with Crippen molar-refractivity contribution in [3.8, 4) is 5.75 Å². The van der Waals surface area contributed by atoms with Crippen LogP contribution in [0.2, 0.25) is 0 Å². The number of aromatic nitrogens is 1. The Kier molecular flexibility index (Phi) is 4.40. The number of hydrogen-bond donors (Lipinski definition) is 1. The fraction of sp³-hybridized carbons (Fsp3) is 0.600. The largest absolute Gasteiger partial charge is 0.505 e. The Morgan fingerprint density at radius 1 is 1.47 bits per heavy atom. The lowest BCUT2D eigenvalue weighted by Gasteiger charge is -2.30. The first-order valence-corrected chi connectivity index (χ1v) is 7.03. The van der Waals surface area contributed by atoms with Gasteiger partial charge in [-0.1, -0.05) is 26.7 Å². The first-order chi connectivity index (χ1) is 9.09. The molecule has 1 fully saturated rings. The van der Waals surface area contributed by atoms with Crippen molar-refractivity contribution >= 4 is 5.91 Å². The molecule has 1 saturated carbocycles. The zero-order valence-electron chi connectivity index (χ0n) is 11.7. The second-order valence-electron chi connectivity index (χ2n) is 5.68. The highest BCUT2D eigenvalue weighted by atomic mass is 16.3. The molecule has 1 aliphatic carbocycles. The topological polar surface area (TPSA) is 53.4 Å². The van der Waals surface area contributed by atoms with Gasteiger partial charge in [-0.05, 0) is 24.8 Å². The van der Waals surface area contributed by atoms with Crippen molar-refractivity contribution in [1.29, 1.82) is 0 Å². The highest BCUT2D eigenvalue weighted by Gasteiger charge is 2.29. The van der Waals surface area contributed by atoms with E-state index in [-0.39, 0.29) is 11.7 Å². The van der Waals surface area contributed by atoms with Gasteiger partial charge in [-0.25, -0.2) is 0 Å². The molecule has 1 heterocycles. The molecule has 1 aromatic rings. The number of aromatic hydroxyl groups is 1. The summed E-state index contributed by atoms with van der Waals surface area (Å²) in [6.45, 7) is 4.97. The summed E-state index contributed by atoms with van der Waals surface area (Å²) in [5, 5.41) is 9.80. The number of rotatable bonds is 4. The molecule has 0 saturated heterocycles. The maximum atomic E-state index is 12.6. The van der Waals surface area contributed by atoms with Crippen molar-refractivity contribution in [1.82, 2.24) is 9.88 Å². The Labute approximate surface area is 114 Å². The molecule has 4 heteroatoms. The van der Waals surface area contributed by atoms with E-state index in [0.29, 0.717) is 17.5 Å². The SMILES string of the molecule is CC(C)CN(C(=O)c1ccncc1O)C1CCCC1. The molecule has 0 radical (unpaired) electrons. The number of carbonyl (C=O) groups excluding carboxylic acids is 1. The monoisotopic (exact) mass is 262 g/mol. The minimum Gasteiger partial charge on any atom is -0.505 e. The molecule has 0 spiro atoms. The van der Waals surface area contributed by atoms with Crippen LogP contribution in [0.4, 0.5) is 0 Å². The molecule has 1 aliphatic rings. The first kappa shape index (κ1) is 13.8. The Bertz CT molecular complexity index is 440. The molecule has 0 unspecified atom stereocenters. The number of hydrogen-bond acceptors (Lipinski definition) is 3. The minimum atomic E-state index is -0.0690. The molecular weight excluding hydrogens is 240 g/mol. The van der Waals surface area contributed by atoms with E-state index >= 15 is 0 Å². The predicted octanol–water partition coefficient (Wildman–Crippen LogP) is 2.83. The maximum absolute atomic E-state index is 12.6. The number of carbonyl (C=O) groups is 1. The van der Waals surface area contributed by atoms with Crippen LogP contribution >= 0.6 is 0 Å². The van der Waals surface area contributed by atoms with Crippen molar-refractivity contribution in [2.45, 2.75) is 45.6 Å². The molecule has 4 nitrogen and oxygen atoms in total. The molecule has 0 aromatic carbocycles. The van der Waals surface area contributed by atoms with Crippen LogP contribution in [-0.2, 0) is 0 Å². The van der Waals surface area contributed by atoms with Gasteiger partial charge in [0.25, 0.3) is 5.91 Å². The summed E-state index contributed by atoms with van der Waals surface area (Å²) in [7, 11) is 0. The summed E-state index contributed by atoms with van der Waals surface area (Å²) in [4.78, 5) is 18.4. The van der Waals surface area contributed by atoms with Gasteiger partial charge in [-0.3, -0.25) is 9.78 Å². The molecule has 1 amide bonds. The van der Waals surface area contributed by atoms with Crippen LogP contribution in [0.25, 0.3) is 0 Å². The van der Waals surface area contributed by atoms with E-state index in [4.69, 9.17) is 0 Å². The average molecular weight is 262 g/mol. The summed E-state index contributed by atoms with van der Waals surface area (Å²) in [5.74, 6) is 0.327. The number of nitrogens with zero attached hydrogens (tertiary/aromatic N) is 2. The Morgan fingerprint density at radius 2 is 2.16 bits per heavy atom. The molecule has 2 rings (SSSR count). The predicted molar refractivity (Wildman–Crippen MR) is 74.0 cm³/mol. The van der Waals surface area contributed by atoms with E-state index in [1.54, 1.807) is 12.3 Å². The summed E-state index contributed by atoms with van der Waals surface area (Å²) in [5.41, 5.74) is 0.363. The van der Waals surface area contributed by atoms with Crippen LogP contribution in [0.15, 0.2) is 18.5 Å². The molecule has 0 aliphatic heterocycles. The Hall–Kier alpha value is -1.58. The van der Waals surface area contributed by atoms with E-state index in [1.807, 2.05) is 4.90 Å². The van der Waals surface area contributed by atoms with E-state index in [1.165, 1.54) is 19.0 Å². The molecule has 1 aromatic heterocycles. The molecule has 104 valence electrons. The van der Waals surface area contributed by atoms with Gasteiger partial charge in [0.2, 0.25) is 0 Å². The maximum Gasteiger partial charge on any atom is 0.257 e. The van der Waals surface area contributed by atoms with Gasteiger partial charge >= 0.3 is 0 Å². The lowest BCUT2D eigenvalue weighted by Crippen LogP contribution is -2.41. The normalized spacial score (nSPS) is 15.9.